The topological polar surface area (TPSA) is 52.6 Å². The third-order valence-electron chi connectivity index (χ3n) is 5.99. The first kappa shape index (κ1) is 16.4. The monoisotopic (exact) mass is 366 g/mol. The van der Waals surface area contributed by atoms with Gasteiger partial charge < -0.3 is 15.3 Å². The van der Waals surface area contributed by atoms with Gasteiger partial charge in [0.25, 0.3) is 0 Å². The number of aliphatic hydroxyl groups is 1. The number of benzene rings is 2. The van der Waals surface area contributed by atoms with Crippen molar-refractivity contribution in [3.8, 4) is 0 Å². The summed E-state index contributed by atoms with van der Waals surface area (Å²) in [5, 5.41) is 14.5. The van der Waals surface area contributed by atoms with E-state index in [1.54, 1.807) is 11.8 Å². The van der Waals surface area contributed by atoms with Crippen molar-refractivity contribution in [3.05, 3.63) is 48.0 Å². The summed E-state index contributed by atoms with van der Waals surface area (Å²) in [6, 6.07) is 14.0. The SMILES string of the molecule is O=C(CC1(O)CN2CCC1CC2)c1ccc2c(c1)Nc1ccccc1S2. The molecule has 5 heteroatoms. The van der Waals surface area contributed by atoms with Crippen LogP contribution in [0.4, 0.5) is 11.4 Å². The molecule has 1 atom stereocenters. The smallest absolute Gasteiger partial charge is 0.165 e. The van der Waals surface area contributed by atoms with E-state index in [2.05, 4.69) is 22.3 Å². The zero-order valence-corrected chi connectivity index (χ0v) is 15.4. The highest BCUT2D eigenvalue weighted by Crippen LogP contribution is 2.44. The van der Waals surface area contributed by atoms with E-state index in [4.69, 9.17) is 0 Å². The number of para-hydroxylation sites is 1. The number of Topliss-reactive ketones (excluding diaryl/α,β-unsaturated/α-hetero) is 1. The Labute approximate surface area is 157 Å². The first-order chi connectivity index (χ1) is 12.6. The molecular weight excluding hydrogens is 344 g/mol. The number of rotatable bonds is 3. The molecule has 134 valence electrons. The number of piperidine rings is 3. The molecule has 4 aliphatic heterocycles. The molecule has 2 bridgehead atoms. The molecule has 3 saturated heterocycles. The second-order valence-corrected chi connectivity index (χ2v) is 8.77. The molecule has 4 nitrogen and oxygen atoms in total. The lowest BCUT2D eigenvalue weighted by atomic mass is 9.72. The van der Waals surface area contributed by atoms with Crippen LogP contribution in [-0.4, -0.2) is 41.0 Å². The standard InChI is InChI=1S/C21H22N2O2S/c24-18(12-21(25)13-23-9-7-15(21)8-10-23)14-5-6-20-17(11-14)22-16-3-1-2-4-19(16)26-20/h1-6,11,15,22,25H,7-10,12-13H2. The van der Waals surface area contributed by atoms with Gasteiger partial charge in [-0.3, -0.25) is 4.79 Å². The minimum Gasteiger partial charge on any atom is -0.388 e. The summed E-state index contributed by atoms with van der Waals surface area (Å²) >= 11 is 1.72. The molecule has 2 aromatic rings. The van der Waals surface area contributed by atoms with Crippen molar-refractivity contribution in [1.29, 1.82) is 0 Å². The lowest BCUT2D eigenvalue weighted by Crippen LogP contribution is -2.59. The van der Waals surface area contributed by atoms with Gasteiger partial charge in [0.05, 0.1) is 17.0 Å². The predicted molar refractivity (Wildman–Crippen MR) is 103 cm³/mol. The molecular formula is C21H22N2O2S. The van der Waals surface area contributed by atoms with Crippen LogP contribution < -0.4 is 5.32 Å². The molecule has 0 aliphatic carbocycles. The molecule has 26 heavy (non-hydrogen) atoms. The summed E-state index contributed by atoms with van der Waals surface area (Å²) in [4.78, 5) is 17.5. The van der Waals surface area contributed by atoms with Gasteiger partial charge in [0, 0.05) is 28.3 Å². The number of hydrogen-bond acceptors (Lipinski definition) is 5. The zero-order valence-electron chi connectivity index (χ0n) is 14.6. The largest absolute Gasteiger partial charge is 0.388 e. The van der Waals surface area contributed by atoms with Crippen molar-refractivity contribution in [3.63, 3.8) is 0 Å². The normalized spacial score (nSPS) is 28.8. The van der Waals surface area contributed by atoms with Crippen LogP contribution in [0.3, 0.4) is 0 Å². The van der Waals surface area contributed by atoms with E-state index in [0.29, 0.717) is 12.1 Å². The molecule has 3 fully saturated rings. The summed E-state index contributed by atoms with van der Waals surface area (Å²) in [7, 11) is 0. The number of fused-ring (bicyclic) bond motifs is 5. The molecule has 2 aromatic carbocycles. The van der Waals surface area contributed by atoms with E-state index in [1.807, 2.05) is 30.3 Å². The summed E-state index contributed by atoms with van der Waals surface area (Å²) in [5.74, 6) is 0.296. The van der Waals surface area contributed by atoms with Gasteiger partial charge in [-0.1, -0.05) is 30.0 Å². The minimum absolute atomic E-state index is 0.0368. The lowest BCUT2D eigenvalue weighted by Gasteiger charge is -2.50. The Morgan fingerprint density at radius 1 is 1.15 bits per heavy atom. The molecule has 4 heterocycles. The van der Waals surface area contributed by atoms with E-state index in [0.717, 1.165) is 42.2 Å². The average Bonchev–Trinajstić information content (AvgIpc) is 2.66. The maximum absolute atomic E-state index is 12.9. The van der Waals surface area contributed by atoms with Crippen LogP contribution in [0, 0.1) is 5.92 Å². The van der Waals surface area contributed by atoms with Gasteiger partial charge >= 0.3 is 0 Å². The van der Waals surface area contributed by atoms with Gasteiger partial charge in [-0.25, -0.2) is 0 Å². The Bertz CT molecular complexity index is 876. The summed E-state index contributed by atoms with van der Waals surface area (Å²) in [5.41, 5.74) is 1.87. The van der Waals surface area contributed by atoms with Gasteiger partial charge in [0.2, 0.25) is 0 Å². The van der Waals surface area contributed by atoms with E-state index >= 15 is 0 Å². The van der Waals surface area contributed by atoms with Crippen molar-refractivity contribution in [2.75, 3.05) is 25.0 Å². The summed E-state index contributed by atoms with van der Waals surface area (Å²) in [6.07, 6.45) is 2.22. The maximum Gasteiger partial charge on any atom is 0.165 e. The quantitative estimate of drug-likeness (QED) is 0.688. The third kappa shape index (κ3) is 2.75. The Morgan fingerprint density at radius 2 is 1.92 bits per heavy atom. The molecule has 0 saturated carbocycles. The molecule has 0 spiro atoms. The second kappa shape index (κ2) is 6.12. The van der Waals surface area contributed by atoms with Crippen LogP contribution in [0.15, 0.2) is 52.3 Å². The fourth-order valence-corrected chi connectivity index (χ4v) is 5.51. The van der Waals surface area contributed by atoms with Gasteiger partial charge in [-0.2, -0.15) is 0 Å². The number of carbonyl (C=O) groups is 1. The predicted octanol–water partition coefficient (Wildman–Crippen LogP) is 3.92. The molecule has 0 radical (unpaired) electrons. The first-order valence-electron chi connectivity index (χ1n) is 9.27. The highest BCUT2D eigenvalue weighted by Gasteiger charge is 2.46. The number of anilines is 2. The summed E-state index contributed by atoms with van der Waals surface area (Å²) in [6.45, 7) is 2.75. The van der Waals surface area contributed by atoms with Crippen molar-refractivity contribution in [2.24, 2.45) is 5.92 Å². The first-order valence-corrected chi connectivity index (χ1v) is 10.1. The van der Waals surface area contributed by atoms with Crippen molar-refractivity contribution in [2.45, 2.75) is 34.7 Å². The van der Waals surface area contributed by atoms with E-state index < -0.39 is 5.60 Å². The molecule has 0 aromatic heterocycles. The van der Waals surface area contributed by atoms with E-state index in [-0.39, 0.29) is 18.1 Å². The fraction of sp³-hybridized carbons (Fsp3) is 0.381. The van der Waals surface area contributed by atoms with Crippen LogP contribution in [0.5, 0.6) is 0 Å². The molecule has 1 unspecified atom stereocenters. The van der Waals surface area contributed by atoms with Crippen LogP contribution in [0.25, 0.3) is 0 Å². The Morgan fingerprint density at radius 3 is 2.69 bits per heavy atom. The van der Waals surface area contributed by atoms with Crippen molar-refractivity contribution >= 4 is 28.9 Å². The van der Waals surface area contributed by atoms with E-state index in [9.17, 15) is 9.90 Å². The van der Waals surface area contributed by atoms with Gasteiger partial charge in [-0.05, 0) is 56.1 Å². The molecule has 4 aliphatic rings. The van der Waals surface area contributed by atoms with Gasteiger partial charge in [0.15, 0.2) is 5.78 Å². The van der Waals surface area contributed by atoms with E-state index in [1.165, 1.54) is 4.90 Å². The summed E-state index contributed by atoms with van der Waals surface area (Å²) < 4.78 is 0. The highest BCUT2D eigenvalue weighted by molar-refractivity contribution is 7.99. The van der Waals surface area contributed by atoms with Crippen LogP contribution in [0.2, 0.25) is 0 Å². The average molecular weight is 366 g/mol. The van der Waals surface area contributed by atoms with Crippen LogP contribution >= 0.6 is 11.8 Å². The maximum atomic E-state index is 12.9. The Hall–Kier alpha value is -1.82. The Balaban J connectivity index is 1.37. The van der Waals surface area contributed by atoms with Crippen molar-refractivity contribution < 1.29 is 9.90 Å². The van der Waals surface area contributed by atoms with Crippen LogP contribution in [0.1, 0.15) is 29.6 Å². The van der Waals surface area contributed by atoms with Gasteiger partial charge in [-0.15, -0.1) is 0 Å². The Kier molecular flexibility index (Phi) is 3.85. The second-order valence-electron chi connectivity index (χ2n) is 7.69. The highest BCUT2D eigenvalue weighted by atomic mass is 32.2. The number of nitrogens with one attached hydrogen (secondary N) is 1. The van der Waals surface area contributed by atoms with Crippen LogP contribution in [-0.2, 0) is 0 Å². The van der Waals surface area contributed by atoms with Crippen molar-refractivity contribution in [1.82, 2.24) is 4.90 Å². The third-order valence-corrected chi connectivity index (χ3v) is 7.14. The minimum atomic E-state index is -0.863. The molecule has 2 N–H and O–H groups in total. The number of hydrogen-bond donors (Lipinski definition) is 2. The number of ketones is 1. The number of carbonyl (C=O) groups excluding carboxylic acids is 1. The zero-order chi connectivity index (χ0) is 17.7. The molecule has 0 amide bonds. The molecule has 6 rings (SSSR count). The lowest BCUT2D eigenvalue weighted by molar-refractivity contribution is -0.109. The fourth-order valence-electron chi connectivity index (χ4n) is 4.54. The number of nitrogens with zero attached hydrogens (tertiary/aromatic N) is 1. The van der Waals surface area contributed by atoms with Gasteiger partial charge in [0.1, 0.15) is 0 Å².